The number of thioether (sulfide) groups is 3. The van der Waals surface area contributed by atoms with Crippen LogP contribution in [0, 0.1) is 5.41 Å². The van der Waals surface area contributed by atoms with Gasteiger partial charge in [0.25, 0.3) is 0 Å². The second-order valence-corrected chi connectivity index (χ2v) is 32.4. The van der Waals surface area contributed by atoms with E-state index in [4.69, 9.17) is 0 Å². The van der Waals surface area contributed by atoms with Crippen molar-refractivity contribution in [2.24, 2.45) is 5.41 Å². The molecule has 3 atom stereocenters. The molecule has 3 saturated heterocycles. The van der Waals surface area contributed by atoms with Crippen LogP contribution in [-0.4, -0.2) is 342 Å². The Morgan fingerprint density at radius 3 is 0.724 bits per heavy atom. The topological polar surface area (TPSA) is 630 Å². The summed E-state index contributed by atoms with van der Waals surface area (Å²) >= 11 is 3.56. The maximum Gasteiger partial charge on any atom is 0.323 e. The van der Waals surface area contributed by atoms with Crippen LogP contribution in [-0.2, 0) is 134 Å². The van der Waals surface area contributed by atoms with E-state index in [9.17, 15) is 150 Å². The van der Waals surface area contributed by atoms with Gasteiger partial charge in [-0.05, 0) is 56.8 Å². The lowest BCUT2D eigenvalue weighted by molar-refractivity contribution is -0.146. The van der Waals surface area contributed by atoms with Crippen molar-refractivity contribution >= 4 is 200 Å². The van der Waals surface area contributed by atoms with E-state index >= 15 is 0 Å². The number of aliphatic carboxylic acids is 3. The average Bonchev–Trinajstić information content (AvgIpc) is 1.69. The summed E-state index contributed by atoms with van der Waals surface area (Å²) in [5.74, 6) is -21.4. The third-order valence-corrected chi connectivity index (χ3v) is 22.6. The fraction of sp³-hybridized carbons (Fsp3) is 0.636. The van der Waals surface area contributed by atoms with Crippen molar-refractivity contribution in [1.29, 1.82) is 0 Å². The number of Topliss-reactive ketones (excluding diaryl/α,β-unsaturated/α-hetero) is 10. The Morgan fingerprint density at radius 1 is 0.301 bits per heavy atom. The predicted molar refractivity (Wildman–Crippen MR) is 431 cm³/mol. The Labute approximate surface area is 719 Å². The predicted octanol–water partition coefficient (Wildman–Crippen LogP) is -3.44. The summed E-state index contributed by atoms with van der Waals surface area (Å²) in [4.78, 5) is 359. The summed E-state index contributed by atoms with van der Waals surface area (Å²) in [6.07, 6.45) is -4.60. The van der Waals surface area contributed by atoms with E-state index in [2.05, 4.69) is 31.9 Å². The Balaban J connectivity index is 1.64. The van der Waals surface area contributed by atoms with Gasteiger partial charge in [0.2, 0.25) is 88.6 Å². The minimum Gasteiger partial charge on any atom is -0.480 e. The van der Waals surface area contributed by atoms with Crippen LogP contribution in [0.25, 0.3) is 0 Å². The number of imide groups is 3. The van der Waals surface area contributed by atoms with E-state index in [1.54, 1.807) is 18.8 Å². The molecular weight excluding hydrogens is 1690 g/mol. The second-order valence-electron chi connectivity index (χ2n) is 29.3. The highest BCUT2D eigenvalue weighted by atomic mass is 32.2. The number of carbonyl (C=O) groups excluding carboxylic acids is 25. The van der Waals surface area contributed by atoms with Gasteiger partial charge in [0.05, 0.1) is 74.7 Å². The molecule has 43 nitrogen and oxygen atoms in total. The Hall–Kier alpha value is -11.2. The van der Waals surface area contributed by atoms with Gasteiger partial charge in [0.1, 0.15) is 25.4 Å². The highest BCUT2D eigenvalue weighted by Gasteiger charge is 2.41. The third kappa shape index (κ3) is 41.5. The van der Waals surface area contributed by atoms with Crippen molar-refractivity contribution in [1.82, 2.24) is 61.3 Å². The zero-order valence-electron chi connectivity index (χ0n) is 68.9. The lowest BCUT2D eigenvalue weighted by Crippen LogP contribution is -2.40. The molecule has 123 heavy (non-hydrogen) atoms. The Kier molecular flexibility index (Phi) is 47.4. The van der Waals surface area contributed by atoms with E-state index < -0.39 is 335 Å². The summed E-state index contributed by atoms with van der Waals surface area (Å²) in [7, 11) is 0. The molecule has 0 aromatic carbocycles. The summed E-state index contributed by atoms with van der Waals surface area (Å²) in [6.45, 7) is -8.46. The number of nitrogens with zero attached hydrogens (tertiary/aromatic N) is 6. The molecule has 3 fully saturated rings. The molecule has 0 spiro atoms. The average molecular weight is 1790 g/mol. The maximum absolute atomic E-state index is 13.6. The monoisotopic (exact) mass is 1790 g/mol. The molecule has 678 valence electrons. The first kappa shape index (κ1) is 106. The van der Waals surface area contributed by atoms with Crippen LogP contribution in [0.5, 0.6) is 0 Å². The number of amides is 15. The van der Waals surface area contributed by atoms with E-state index in [1.807, 2.05) is 0 Å². The number of likely N-dealkylation sites (tertiary alicyclic amines) is 3. The largest absolute Gasteiger partial charge is 0.480 e. The number of rotatable bonds is 66. The number of ketones is 10. The van der Waals surface area contributed by atoms with Gasteiger partial charge in [-0.15, -0.1) is 0 Å². The van der Waals surface area contributed by atoms with Crippen molar-refractivity contribution in [3.63, 3.8) is 0 Å². The number of carboxylic acid groups (broad SMARTS) is 3. The van der Waals surface area contributed by atoms with Crippen LogP contribution in [0.4, 0.5) is 0 Å². The van der Waals surface area contributed by atoms with E-state index in [1.165, 1.54) is 42.2 Å². The standard InChI is InChI=1S/C77H106N12O31S3/c1-46(90)17-24-77(25-18-50(94)37-78-59(100)11-5-53(97)40-84(43-71(112)113)65(106)14-8-47(91)34-81-62(103)21-28-87-68(109)31-56(121-2)74(87)118,26-19-51(95)38-79-60(101)12-6-54(98)41-85(44-72(114)115)66(107)15-9-48(92)35-82-63(104)22-29-88-69(110)32-57(122-3)75(88)119)27-20-52(96)39-80-61(102)13-7-55(99)42-86(45-73(116)117)67(108)16-10-49(93)36-83-64(105)23-30-89-70(111)33-58(123-4)76(89)120/h56-58H,5-45H2,1-4H3,(H,78,100)(H,79,101)(H,80,102)(H,81,103)(H,82,104)(H,83,105)(H,112,113)(H,114,115)(H,116,117). The number of carboxylic acids is 3. The molecule has 0 bridgehead atoms. The van der Waals surface area contributed by atoms with Gasteiger partial charge in [-0.3, -0.25) is 144 Å². The minimum absolute atomic E-state index is 0.0154. The maximum atomic E-state index is 13.6. The minimum atomic E-state index is -1.53. The lowest BCUT2D eigenvalue weighted by atomic mass is 9.70. The van der Waals surface area contributed by atoms with Gasteiger partial charge in [0.15, 0.2) is 52.0 Å². The van der Waals surface area contributed by atoms with Crippen LogP contribution >= 0.6 is 35.3 Å². The summed E-state index contributed by atoms with van der Waals surface area (Å²) in [5, 5.41) is 40.8. The number of hydrogen-bond donors (Lipinski definition) is 9. The Morgan fingerprint density at radius 2 is 0.512 bits per heavy atom. The molecule has 0 aromatic heterocycles. The molecule has 3 rings (SSSR count). The highest BCUT2D eigenvalue weighted by Crippen LogP contribution is 2.40. The van der Waals surface area contributed by atoms with Gasteiger partial charge in [-0.2, -0.15) is 35.3 Å². The molecule has 3 aliphatic heterocycles. The number of nitrogens with one attached hydrogen (secondary N) is 6. The van der Waals surface area contributed by atoms with Gasteiger partial charge < -0.3 is 66.7 Å². The van der Waals surface area contributed by atoms with Crippen molar-refractivity contribution < 1.29 is 150 Å². The van der Waals surface area contributed by atoms with E-state index in [0.717, 1.165) is 14.7 Å². The first-order valence-electron chi connectivity index (χ1n) is 39.3. The second kappa shape index (κ2) is 55.0. The molecule has 3 heterocycles. The molecule has 0 aromatic rings. The van der Waals surface area contributed by atoms with Crippen LogP contribution in [0.3, 0.4) is 0 Å². The molecule has 0 aliphatic carbocycles. The number of carbonyl (C=O) groups is 28. The summed E-state index contributed by atoms with van der Waals surface area (Å²) < 4.78 is 0. The molecule has 3 aliphatic rings. The van der Waals surface area contributed by atoms with Gasteiger partial charge in [-0.25, -0.2) is 0 Å². The Bertz CT molecular complexity index is 3670. The van der Waals surface area contributed by atoms with E-state index in [-0.39, 0.29) is 115 Å². The molecule has 46 heteroatoms. The molecular formula is C77H106N12O31S3. The third-order valence-electron chi connectivity index (χ3n) is 19.7. The number of hydrogen-bond acceptors (Lipinski definition) is 31. The van der Waals surface area contributed by atoms with Gasteiger partial charge in [-0.1, -0.05) is 0 Å². The summed E-state index contributed by atoms with van der Waals surface area (Å²) in [6, 6.07) is 0. The van der Waals surface area contributed by atoms with Crippen molar-refractivity contribution in [3.8, 4) is 0 Å². The molecule has 9 N–H and O–H groups in total. The molecule has 3 unspecified atom stereocenters. The zero-order chi connectivity index (χ0) is 92.2. The lowest BCUT2D eigenvalue weighted by Gasteiger charge is -2.34. The molecule has 15 amide bonds. The SMILES string of the molecule is CSC1CC(=O)N(CCC(=O)NCC(=O)CCC(=O)N(CC(=O)O)CC(=O)CCC(=O)NCC(=O)CCC(CCC(C)=O)(CCC(=O)CNC(=O)CCC(=O)CN(CC(=O)O)C(=O)CCC(=O)CNC(=O)CCN2C(=O)CC(SC)C2=O)CCC(=O)CNC(=O)CCC(=O)CN(CC(=O)O)C(=O)CCC(=O)CNC(=O)CCN2C(=O)CC(SC)C2=O)C1=O. The normalized spacial score (nSPS) is 15.3. The van der Waals surface area contributed by atoms with E-state index in [0.29, 0.717) is 14.7 Å². The first-order chi connectivity index (χ1) is 58.0. The van der Waals surface area contributed by atoms with Crippen LogP contribution in [0.15, 0.2) is 0 Å². The quantitative estimate of drug-likeness (QED) is 0.0268. The van der Waals surface area contributed by atoms with Crippen LogP contribution < -0.4 is 31.9 Å². The van der Waals surface area contributed by atoms with Gasteiger partial charge >= 0.3 is 17.9 Å². The van der Waals surface area contributed by atoms with Crippen molar-refractivity contribution in [2.45, 2.75) is 190 Å². The van der Waals surface area contributed by atoms with Crippen molar-refractivity contribution in [2.75, 3.05) is 117 Å². The summed E-state index contributed by atoms with van der Waals surface area (Å²) in [5.41, 5.74) is -1.25. The fourth-order valence-corrected chi connectivity index (χ4v) is 14.5. The zero-order valence-corrected chi connectivity index (χ0v) is 71.4. The van der Waals surface area contributed by atoms with Crippen molar-refractivity contribution in [3.05, 3.63) is 0 Å². The van der Waals surface area contributed by atoms with Crippen LogP contribution in [0.2, 0.25) is 0 Å². The van der Waals surface area contributed by atoms with Crippen LogP contribution in [0.1, 0.15) is 174 Å². The smallest absolute Gasteiger partial charge is 0.323 e. The molecule has 0 radical (unpaired) electrons. The fourth-order valence-electron chi connectivity index (χ4n) is 12.5. The van der Waals surface area contributed by atoms with Gasteiger partial charge in [0, 0.05) is 161 Å². The highest BCUT2D eigenvalue weighted by molar-refractivity contribution is 8.00. The first-order valence-corrected chi connectivity index (χ1v) is 43.2. The molecule has 0 saturated carbocycles.